The molecular formula is C21H27N2O3+. The number of hydrogen-bond donors (Lipinski definition) is 2. The van der Waals surface area contributed by atoms with E-state index in [0.29, 0.717) is 23.6 Å². The van der Waals surface area contributed by atoms with Crippen molar-refractivity contribution >= 4 is 5.91 Å². The third-order valence-corrected chi connectivity index (χ3v) is 4.89. The molecule has 0 unspecified atom stereocenters. The Kier molecular flexibility index (Phi) is 6.12. The Balaban J connectivity index is 1.59. The molecule has 0 bridgehead atoms. The van der Waals surface area contributed by atoms with Gasteiger partial charge in [-0.2, -0.15) is 0 Å². The maximum Gasteiger partial charge on any atom is 0.255 e. The molecule has 3 rings (SSSR count). The Bertz CT molecular complexity index is 737. The quantitative estimate of drug-likeness (QED) is 0.797. The number of carbonyl (C=O) groups is 1. The first kappa shape index (κ1) is 18.3. The van der Waals surface area contributed by atoms with Crippen LogP contribution in [0.2, 0.25) is 0 Å². The minimum atomic E-state index is -0.175. The van der Waals surface area contributed by atoms with E-state index in [4.69, 9.17) is 9.47 Å². The molecule has 2 aromatic carbocycles. The van der Waals surface area contributed by atoms with Gasteiger partial charge in [0.2, 0.25) is 0 Å². The van der Waals surface area contributed by atoms with E-state index in [2.05, 4.69) is 29.6 Å². The molecule has 5 nitrogen and oxygen atoms in total. The number of amides is 1. The highest BCUT2D eigenvalue weighted by Crippen LogP contribution is 2.23. The van der Waals surface area contributed by atoms with Gasteiger partial charge in [-0.3, -0.25) is 4.79 Å². The van der Waals surface area contributed by atoms with Crippen molar-refractivity contribution in [3.8, 4) is 11.5 Å². The molecule has 1 fully saturated rings. The highest BCUT2D eigenvalue weighted by atomic mass is 16.5. The summed E-state index contributed by atoms with van der Waals surface area (Å²) in [6.07, 6.45) is 2.68. The molecule has 0 aromatic heterocycles. The molecule has 1 amide bonds. The molecule has 2 N–H and O–H groups in total. The van der Waals surface area contributed by atoms with E-state index in [9.17, 15) is 4.79 Å². The zero-order valence-electron chi connectivity index (χ0n) is 15.5. The lowest BCUT2D eigenvalue weighted by Gasteiger charge is -2.13. The van der Waals surface area contributed by atoms with Crippen LogP contribution in [0.5, 0.6) is 11.5 Å². The van der Waals surface area contributed by atoms with Crippen molar-refractivity contribution in [1.82, 2.24) is 5.32 Å². The number of methoxy groups -OCH3 is 2. The zero-order chi connectivity index (χ0) is 18.4. The normalized spacial score (nSPS) is 14.2. The second-order valence-corrected chi connectivity index (χ2v) is 6.70. The molecule has 1 aliphatic heterocycles. The van der Waals surface area contributed by atoms with E-state index < -0.39 is 0 Å². The Hall–Kier alpha value is -2.53. The molecule has 0 spiro atoms. The van der Waals surface area contributed by atoms with Crippen molar-refractivity contribution in [3.05, 3.63) is 59.2 Å². The van der Waals surface area contributed by atoms with E-state index >= 15 is 0 Å². The number of quaternary nitrogens is 1. The van der Waals surface area contributed by atoms with Gasteiger partial charge in [0, 0.05) is 24.9 Å². The van der Waals surface area contributed by atoms with E-state index in [0.717, 1.165) is 12.1 Å². The molecule has 0 aliphatic carbocycles. The van der Waals surface area contributed by atoms with Gasteiger partial charge in [0.25, 0.3) is 5.91 Å². The average Bonchev–Trinajstić information content (AvgIpc) is 3.19. The molecule has 1 heterocycles. The minimum Gasteiger partial charge on any atom is -0.497 e. The van der Waals surface area contributed by atoms with Crippen molar-refractivity contribution in [3.63, 3.8) is 0 Å². The fourth-order valence-corrected chi connectivity index (χ4v) is 3.38. The summed E-state index contributed by atoms with van der Waals surface area (Å²) in [5.74, 6) is 0.989. The predicted molar refractivity (Wildman–Crippen MR) is 101 cm³/mol. The maximum absolute atomic E-state index is 12.5. The number of nitrogens with one attached hydrogen (secondary N) is 2. The first-order valence-corrected chi connectivity index (χ1v) is 9.11. The van der Waals surface area contributed by atoms with Gasteiger partial charge in [0.15, 0.2) is 0 Å². The minimum absolute atomic E-state index is 0.175. The Morgan fingerprint density at radius 3 is 2.35 bits per heavy atom. The second-order valence-electron chi connectivity index (χ2n) is 6.70. The summed E-state index contributed by atoms with van der Waals surface area (Å²) in [5, 5.41) is 2.95. The summed E-state index contributed by atoms with van der Waals surface area (Å²) in [6, 6.07) is 13.7. The summed E-state index contributed by atoms with van der Waals surface area (Å²) in [4.78, 5) is 14.2. The van der Waals surface area contributed by atoms with Gasteiger partial charge < -0.3 is 19.7 Å². The Morgan fingerprint density at radius 1 is 1.00 bits per heavy atom. The average molecular weight is 355 g/mol. The molecule has 0 radical (unpaired) electrons. The third-order valence-electron chi connectivity index (χ3n) is 4.89. The SMILES string of the molecule is COc1ccc(OC)c(C(=O)NCc2ccc(C[NH+]3CCCC3)cc2)c1. The van der Waals surface area contributed by atoms with Crippen LogP contribution in [0.25, 0.3) is 0 Å². The van der Waals surface area contributed by atoms with Crippen molar-refractivity contribution in [2.24, 2.45) is 0 Å². The lowest BCUT2D eigenvalue weighted by molar-refractivity contribution is -0.901. The van der Waals surface area contributed by atoms with Gasteiger partial charge in [-0.15, -0.1) is 0 Å². The first-order chi connectivity index (χ1) is 12.7. The third kappa shape index (κ3) is 4.55. The van der Waals surface area contributed by atoms with Crippen LogP contribution in [0, 0.1) is 0 Å². The molecular weight excluding hydrogens is 328 g/mol. The van der Waals surface area contributed by atoms with Gasteiger partial charge >= 0.3 is 0 Å². The van der Waals surface area contributed by atoms with Gasteiger partial charge in [-0.1, -0.05) is 24.3 Å². The number of carbonyl (C=O) groups excluding carboxylic acids is 1. The molecule has 26 heavy (non-hydrogen) atoms. The lowest BCUT2D eigenvalue weighted by Crippen LogP contribution is -3.08. The van der Waals surface area contributed by atoms with E-state index in [1.165, 1.54) is 31.5 Å². The Morgan fingerprint density at radius 2 is 1.69 bits per heavy atom. The van der Waals surface area contributed by atoms with Gasteiger partial charge in [-0.05, 0) is 23.8 Å². The number of likely N-dealkylation sites (tertiary alicyclic amines) is 1. The van der Waals surface area contributed by atoms with Crippen molar-refractivity contribution < 1.29 is 19.2 Å². The van der Waals surface area contributed by atoms with E-state index in [1.54, 1.807) is 37.3 Å². The summed E-state index contributed by atoms with van der Waals surface area (Å²) in [7, 11) is 3.13. The number of hydrogen-bond acceptors (Lipinski definition) is 3. The van der Waals surface area contributed by atoms with Crippen molar-refractivity contribution in [2.45, 2.75) is 25.9 Å². The smallest absolute Gasteiger partial charge is 0.255 e. The van der Waals surface area contributed by atoms with Crippen LogP contribution < -0.4 is 19.7 Å². The van der Waals surface area contributed by atoms with Crippen LogP contribution in [0.3, 0.4) is 0 Å². The van der Waals surface area contributed by atoms with Gasteiger partial charge in [0.1, 0.15) is 18.0 Å². The number of benzene rings is 2. The standard InChI is InChI=1S/C21H26N2O3/c1-25-18-9-10-20(26-2)19(13-18)21(24)22-14-16-5-7-17(8-6-16)15-23-11-3-4-12-23/h5-10,13H,3-4,11-12,14-15H2,1-2H3,(H,22,24)/p+1. The fraction of sp³-hybridized carbons (Fsp3) is 0.381. The summed E-state index contributed by atoms with van der Waals surface area (Å²) in [6.45, 7) is 4.13. The van der Waals surface area contributed by atoms with Crippen molar-refractivity contribution in [2.75, 3.05) is 27.3 Å². The van der Waals surface area contributed by atoms with Crippen LogP contribution in [0.1, 0.15) is 34.3 Å². The number of ether oxygens (including phenoxy) is 2. The molecule has 1 aliphatic rings. The molecule has 1 saturated heterocycles. The summed E-state index contributed by atoms with van der Waals surface area (Å²) >= 11 is 0. The molecule has 2 aromatic rings. The largest absolute Gasteiger partial charge is 0.497 e. The summed E-state index contributed by atoms with van der Waals surface area (Å²) < 4.78 is 10.5. The van der Waals surface area contributed by atoms with Gasteiger partial charge in [-0.25, -0.2) is 0 Å². The Labute approximate surface area is 154 Å². The highest BCUT2D eigenvalue weighted by Gasteiger charge is 2.16. The predicted octanol–water partition coefficient (Wildman–Crippen LogP) is 1.81. The maximum atomic E-state index is 12.5. The number of rotatable bonds is 7. The van der Waals surface area contributed by atoms with Crippen LogP contribution in [-0.2, 0) is 13.1 Å². The second kappa shape index (κ2) is 8.72. The zero-order valence-corrected chi connectivity index (χ0v) is 15.5. The van der Waals surface area contributed by atoms with Crippen LogP contribution in [0.4, 0.5) is 0 Å². The van der Waals surface area contributed by atoms with Crippen LogP contribution in [-0.4, -0.2) is 33.2 Å². The van der Waals surface area contributed by atoms with Crippen LogP contribution in [0.15, 0.2) is 42.5 Å². The van der Waals surface area contributed by atoms with Gasteiger partial charge in [0.05, 0.1) is 32.9 Å². The molecule has 0 atom stereocenters. The summed E-state index contributed by atoms with van der Waals surface area (Å²) in [5.41, 5.74) is 2.91. The molecule has 138 valence electrons. The molecule has 0 saturated carbocycles. The van der Waals surface area contributed by atoms with Crippen LogP contribution >= 0.6 is 0 Å². The highest BCUT2D eigenvalue weighted by molar-refractivity contribution is 5.97. The lowest BCUT2D eigenvalue weighted by atomic mass is 10.1. The fourth-order valence-electron chi connectivity index (χ4n) is 3.38. The van der Waals surface area contributed by atoms with E-state index in [-0.39, 0.29) is 5.91 Å². The monoisotopic (exact) mass is 355 g/mol. The van der Waals surface area contributed by atoms with E-state index in [1.807, 2.05) is 0 Å². The first-order valence-electron chi connectivity index (χ1n) is 9.11. The topological polar surface area (TPSA) is 52.0 Å². The van der Waals surface area contributed by atoms with Crippen molar-refractivity contribution in [1.29, 1.82) is 0 Å². The molecule has 5 heteroatoms.